The van der Waals surface area contributed by atoms with E-state index >= 15 is 0 Å². The lowest BCUT2D eigenvalue weighted by molar-refractivity contribution is -0.123. The summed E-state index contributed by atoms with van der Waals surface area (Å²) < 4.78 is 10.4. The van der Waals surface area contributed by atoms with Gasteiger partial charge in [0.25, 0.3) is 0 Å². The summed E-state index contributed by atoms with van der Waals surface area (Å²) in [5.74, 6) is 0.971. The molecule has 112 valence electrons. The van der Waals surface area contributed by atoms with Crippen molar-refractivity contribution in [3.05, 3.63) is 23.8 Å². The molecule has 2 N–H and O–H groups in total. The molecule has 1 unspecified atom stereocenters. The highest BCUT2D eigenvalue weighted by Gasteiger charge is 2.25. The fraction of sp³-hybridized carbons (Fsp3) is 0.467. The Labute approximate surface area is 124 Å². The predicted molar refractivity (Wildman–Crippen MR) is 77.1 cm³/mol. The zero-order valence-corrected chi connectivity index (χ0v) is 12.2. The molecule has 1 fully saturated rings. The van der Waals surface area contributed by atoms with Crippen LogP contribution in [0.25, 0.3) is 0 Å². The molecule has 0 saturated carbocycles. The van der Waals surface area contributed by atoms with Gasteiger partial charge in [0.1, 0.15) is 6.04 Å². The van der Waals surface area contributed by atoms with Crippen LogP contribution >= 0.6 is 0 Å². The van der Waals surface area contributed by atoms with Crippen molar-refractivity contribution in [1.29, 1.82) is 5.26 Å². The predicted octanol–water partition coefficient (Wildman–Crippen LogP) is 1.14. The minimum absolute atomic E-state index is 0.145. The number of carbonyl (C=O) groups is 1. The Balaban J connectivity index is 2.13. The molecule has 1 heterocycles. The fourth-order valence-electron chi connectivity index (χ4n) is 2.37. The number of ether oxygens (including phenoxy) is 2. The molecule has 2 rings (SSSR count). The van der Waals surface area contributed by atoms with E-state index in [2.05, 4.69) is 16.7 Å². The van der Waals surface area contributed by atoms with Gasteiger partial charge in [-0.2, -0.15) is 5.26 Å². The monoisotopic (exact) mass is 289 g/mol. The van der Waals surface area contributed by atoms with Gasteiger partial charge in [-0.3, -0.25) is 4.79 Å². The van der Waals surface area contributed by atoms with Gasteiger partial charge in [-0.1, -0.05) is 6.07 Å². The number of hydrogen-bond acceptors (Lipinski definition) is 5. The Hall–Kier alpha value is -2.26. The van der Waals surface area contributed by atoms with Crippen molar-refractivity contribution in [3.8, 4) is 17.6 Å². The molecular formula is C15H19N3O3. The second-order valence-electron chi connectivity index (χ2n) is 4.83. The lowest BCUT2D eigenvalue weighted by Crippen LogP contribution is -2.41. The second-order valence-corrected chi connectivity index (χ2v) is 4.83. The Morgan fingerprint density at radius 1 is 1.43 bits per heavy atom. The van der Waals surface area contributed by atoms with E-state index in [-0.39, 0.29) is 11.9 Å². The maximum atomic E-state index is 12.1. The Morgan fingerprint density at radius 2 is 2.19 bits per heavy atom. The maximum Gasteiger partial charge on any atom is 0.238 e. The van der Waals surface area contributed by atoms with E-state index in [1.165, 1.54) is 7.11 Å². The van der Waals surface area contributed by atoms with E-state index in [1.54, 1.807) is 25.3 Å². The Bertz CT molecular complexity index is 548. The summed E-state index contributed by atoms with van der Waals surface area (Å²) >= 11 is 0. The molecule has 0 radical (unpaired) electrons. The molecule has 2 atom stereocenters. The van der Waals surface area contributed by atoms with Crippen LogP contribution in [0.5, 0.6) is 11.5 Å². The van der Waals surface area contributed by atoms with Gasteiger partial charge in [-0.05, 0) is 37.1 Å². The first-order chi connectivity index (χ1) is 10.2. The van der Waals surface area contributed by atoms with Crippen molar-refractivity contribution in [3.63, 3.8) is 0 Å². The lowest BCUT2D eigenvalue weighted by Gasteiger charge is -2.17. The standard InChI is InChI=1S/C15H19N3O3/c1-20-13-6-5-10(8-14(13)21-2)12(9-16)18-15(19)11-4-3-7-17-11/h5-6,8,11-12,17H,3-4,7H2,1-2H3,(H,18,19)/t11-,12?/m0/s1. The molecule has 1 amide bonds. The number of amides is 1. The van der Waals surface area contributed by atoms with E-state index in [0.717, 1.165) is 19.4 Å². The van der Waals surface area contributed by atoms with Crippen LogP contribution in [0.4, 0.5) is 0 Å². The third-order valence-electron chi connectivity index (χ3n) is 3.53. The Kier molecular flexibility index (Phi) is 5.01. The van der Waals surface area contributed by atoms with Crippen molar-refractivity contribution in [2.24, 2.45) is 0 Å². The van der Waals surface area contributed by atoms with Crippen LogP contribution in [0, 0.1) is 11.3 Å². The second kappa shape index (κ2) is 6.95. The van der Waals surface area contributed by atoms with Crippen LogP contribution in [0.15, 0.2) is 18.2 Å². The van der Waals surface area contributed by atoms with Gasteiger partial charge in [0, 0.05) is 0 Å². The molecule has 0 bridgehead atoms. The summed E-state index contributed by atoms with van der Waals surface area (Å²) in [6, 6.07) is 6.36. The third-order valence-corrected chi connectivity index (χ3v) is 3.53. The van der Waals surface area contributed by atoms with Crippen LogP contribution in [0.3, 0.4) is 0 Å². The molecule has 1 aromatic rings. The first-order valence-electron chi connectivity index (χ1n) is 6.85. The number of methoxy groups -OCH3 is 2. The molecule has 0 aliphatic carbocycles. The summed E-state index contributed by atoms with van der Waals surface area (Å²) in [5, 5.41) is 15.2. The number of rotatable bonds is 5. The number of nitriles is 1. The van der Waals surface area contributed by atoms with Crippen LogP contribution < -0.4 is 20.1 Å². The average Bonchev–Trinajstić information content (AvgIpc) is 3.06. The van der Waals surface area contributed by atoms with Crippen LogP contribution in [0.1, 0.15) is 24.4 Å². The van der Waals surface area contributed by atoms with Gasteiger partial charge >= 0.3 is 0 Å². The molecule has 0 aromatic heterocycles. The lowest BCUT2D eigenvalue weighted by atomic mass is 10.1. The summed E-state index contributed by atoms with van der Waals surface area (Å²) in [6.45, 7) is 0.839. The summed E-state index contributed by atoms with van der Waals surface area (Å²) in [5.41, 5.74) is 0.668. The molecule has 1 aromatic carbocycles. The average molecular weight is 289 g/mol. The van der Waals surface area contributed by atoms with E-state index in [0.29, 0.717) is 17.1 Å². The van der Waals surface area contributed by atoms with Crippen molar-refractivity contribution >= 4 is 5.91 Å². The normalized spacial score (nSPS) is 18.6. The quantitative estimate of drug-likeness (QED) is 0.849. The van der Waals surface area contributed by atoms with Gasteiger partial charge in [0.2, 0.25) is 5.91 Å². The van der Waals surface area contributed by atoms with Crippen LogP contribution in [0.2, 0.25) is 0 Å². The minimum atomic E-state index is -0.709. The van der Waals surface area contributed by atoms with Crippen LogP contribution in [-0.2, 0) is 4.79 Å². The van der Waals surface area contributed by atoms with Crippen molar-refractivity contribution < 1.29 is 14.3 Å². The van der Waals surface area contributed by atoms with Gasteiger partial charge in [-0.25, -0.2) is 0 Å². The van der Waals surface area contributed by atoms with E-state index in [9.17, 15) is 10.1 Å². The SMILES string of the molecule is COc1ccc(C(C#N)NC(=O)[C@@H]2CCCN2)cc1OC. The molecule has 21 heavy (non-hydrogen) atoms. The highest BCUT2D eigenvalue weighted by atomic mass is 16.5. The number of nitrogens with one attached hydrogen (secondary N) is 2. The summed E-state index contributed by atoms with van der Waals surface area (Å²) in [7, 11) is 3.08. The maximum absolute atomic E-state index is 12.1. The fourth-order valence-corrected chi connectivity index (χ4v) is 2.37. The van der Waals surface area contributed by atoms with Crippen molar-refractivity contribution in [2.75, 3.05) is 20.8 Å². The van der Waals surface area contributed by atoms with Gasteiger partial charge in [-0.15, -0.1) is 0 Å². The number of hydrogen-bond donors (Lipinski definition) is 2. The number of benzene rings is 1. The number of nitrogens with zero attached hydrogens (tertiary/aromatic N) is 1. The third kappa shape index (κ3) is 3.44. The molecule has 6 heteroatoms. The van der Waals surface area contributed by atoms with Crippen LogP contribution in [-0.4, -0.2) is 32.7 Å². The van der Waals surface area contributed by atoms with E-state index < -0.39 is 6.04 Å². The topological polar surface area (TPSA) is 83.4 Å². The van der Waals surface area contributed by atoms with E-state index in [1.807, 2.05) is 0 Å². The van der Waals surface area contributed by atoms with Crippen molar-refractivity contribution in [1.82, 2.24) is 10.6 Å². The van der Waals surface area contributed by atoms with Gasteiger partial charge in [0.05, 0.1) is 26.3 Å². The first-order valence-corrected chi connectivity index (χ1v) is 6.85. The van der Waals surface area contributed by atoms with E-state index in [4.69, 9.17) is 9.47 Å². The zero-order valence-electron chi connectivity index (χ0n) is 12.2. The largest absolute Gasteiger partial charge is 0.493 e. The molecule has 1 aliphatic rings. The molecule has 6 nitrogen and oxygen atoms in total. The van der Waals surface area contributed by atoms with Gasteiger partial charge in [0.15, 0.2) is 11.5 Å². The minimum Gasteiger partial charge on any atom is -0.493 e. The van der Waals surface area contributed by atoms with Crippen molar-refractivity contribution in [2.45, 2.75) is 24.9 Å². The van der Waals surface area contributed by atoms with Gasteiger partial charge < -0.3 is 20.1 Å². The highest BCUT2D eigenvalue weighted by molar-refractivity contribution is 5.82. The molecule has 1 saturated heterocycles. The summed E-state index contributed by atoms with van der Waals surface area (Å²) in [6.07, 6.45) is 1.78. The molecular weight excluding hydrogens is 270 g/mol. The first kappa shape index (κ1) is 15.1. The highest BCUT2D eigenvalue weighted by Crippen LogP contribution is 2.29. The molecule has 1 aliphatic heterocycles. The smallest absolute Gasteiger partial charge is 0.238 e. The molecule has 0 spiro atoms. The Morgan fingerprint density at radius 3 is 2.76 bits per heavy atom. The summed E-state index contributed by atoms with van der Waals surface area (Å²) in [4.78, 5) is 12.1. The zero-order chi connectivity index (χ0) is 15.2. The number of carbonyl (C=O) groups excluding carboxylic acids is 1.